The van der Waals surface area contributed by atoms with Gasteiger partial charge in [0.1, 0.15) is 5.56 Å². The second kappa shape index (κ2) is 6.02. The lowest BCUT2D eigenvalue weighted by atomic mass is 10.2. The molecule has 0 aliphatic carbocycles. The summed E-state index contributed by atoms with van der Waals surface area (Å²) in [5, 5.41) is 11.6. The zero-order valence-electron chi connectivity index (χ0n) is 11.6. The molecule has 0 amide bonds. The third-order valence-electron chi connectivity index (χ3n) is 3.13. The van der Waals surface area contributed by atoms with Crippen LogP contribution in [0.4, 0.5) is 5.69 Å². The molecule has 1 aliphatic heterocycles. The van der Waals surface area contributed by atoms with E-state index in [-0.39, 0.29) is 22.8 Å². The monoisotopic (exact) mass is 328 g/mol. The molecule has 0 N–H and O–H groups in total. The van der Waals surface area contributed by atoms with Crippen LogP contribution in [0.1, 0.15) is 11.1 Å². The molecule has 0 spiro atoms. The minimum atomic E-state index is -0.659. The van der Waals surface area contributed by atoms with E-state index in [9.17, 15) is 14.9 Å². The van der Waals surface area contributed by atoms with Crippen LogP contribution < -0.4 is 0 Å². The van der Waals surface area contributed by atoms with Gasteiger partial charge in [0.25, 0.3) is 5.69 Å². The van der Waals surface area contributed by atoms with Crippen molar-refractivity contribution in [1.29, 1.82) is 0 Å². The molecule has 2 aromatic carbocycles. The van der Waals surface area contributed by atoms with Gasteiger partial charge in [0.05, 0.1) is 4.92 Å². The van der Waals surface area contributed by atoms with Crippen molar-refractivity contribution in [2.24, 2.45) is 4.99 Å². The summed E-state index contributed by atoms with van der Waals surface area (Å²) in [4.78, 5) is 26.5. The Hall–Kier alpha value is -2.99. The molecule has 0 saturated carbocycles. The summed E-state index contributed by atoms with van der Waals surface area (Å²) >= 11 is 5.80. The minimum absolute atomic E-state index is 0.0699. The van der Waals surface area contributed by atoms with Gasteiger partial charge in [-0.25, -0.2) is 9.79 Å². The third kappa shape index (κ3) is 3.12. The number of rotatable bonds is 3. The molecule has 0 atom stereocenters. The van der Waals surface area contributed by atoms with Gasteiger partial charge >= 0.3 is 5.97 Å². The number of benzene rings is 2. The molecule has 23 heavy (non-hydrogen) atoms. The van der Waals surface area contributed by atoms with Crippen LogP contribution in [-0.4, -0.2) is 16.8 Å². The Labute approximate surface area is 135 Å². The second-order valence-corrected chi connectivity index (χ2v) is 5.10. The number of cyclic esters (lactones) is 1. The zero-order valence-corrected chi connectivity index (χ0v) is 12.4. The van der Waals surface area contributed by atoms with Crippen molar-refractivity contribution in [1.82, 2.24) is 0 Å². The Balaban J connectivity index is 1.99. The molecular formula is C16H9ClN2O4. The summed E-state index contributed by atoms with van der Waals surface area (Å²) in [5.74, 6) is -0.740. The molecule has 0 unspecified atom stereocenters. The maximum atomic E-state index is 11.9. The number of hydrogen-bond donors (Lipinski definition) is 0. The van der Waals surface area contributed by atoms with Gasteiger partial charge in [-0.15, -0.1) is 0 Å². The highest BCUT2D eigenvalue weighted by molar-refractivity contribution is 6.30. The molecule has 0 bridgehead atoms. The predicted molar refractivity (Wildman–Crippen MR) is 85.2 cm³/mol. The first-order chi connectivity index (χ1) is 11.0. The second-order valence-electron chi connectivity index (χ2n) is 4.66. The van der Waals surface area contributed by atoms with Crippen molar-refractivity contribution >= 4 is 35.2 Å². The highest BCUT2D eigenvalue weighted by Gasteiger charge is 2.28. The van der Waals surface area contributed by atoms with Crippen molar-refractivity contribution in [3.05, 3.63) is 80.5 Å². The number of aliphatic imine (C=N–C) groups is 1. The highest BCUT2D eigenvalue weighted by Crippen LogP contribution is 2.25. The van der Waals surface area contributed by atoms with Crippen LogP contribution >= 0.6 is 11.6 Å². The van der Waals surface area contributed by atoms with Gasteiger partial charge in [-0.3, -0.25) is 10.1 Å². The summed E-state index contributed by atoms with van der Waals surface area (Å²) in [6.07, 6.45) is 1.53. The van der Waals surface area contributed by atoms with Crippen molar-refractivity contribution in [3.63, 3.8) is 0 Å². The first-order valence-electron chi connectivity index (χ1n) is 6.56. The van der Waals surface area contributed by atoms with Gasteiger partial charge in [-0.05, 0) is 29.8 Å². The van der Waals surface area contributed by atoms with Gasteiger partial charge in [-0.1, -0.05) is 35.9 Å². The summed E-state index contributed by atoms with van der Waals surface area (Å²) in [7, 11) is 0. The summed E-state index contributed by atoms with van der Waals surface area (Å²) in [6, 6.07) is 12.8. The van der Waals surface area contributed by atoms with Gasteiger partial charge < -0.3 is 4.74 Å². The van der Waals surface area contributed by atoms with E-state index in [4.69, 9.17) is 16.3 Å². The number of para-hydroxylation sites is 1. The molecule has 3 rings (SSSR count). The van der Waals surface area contributed by atoms with Crippen molar-refractivity contribution in [2.45, 2.75) is 0 Å². The van der Waals surface area contributed by atoms with E-state index in [1.165, 1.54) is 24.3 Å². The molecular weight excluding hydrogens is 320 g/mol. The number of carbonyl (C=O) groups excluding carboxylic acids is 1. The normalized spacial score (nSPS) is 15.4. The van der Waals surface area contributed by atoms with E-state index in [0.717, 1.165) is 0 Å². The number of nitrogens with zero attached hydrogens (tertiary/aromatic N) is 2. The van der Waals surface area contributed by atoms with Crippen LogP contribution in [0, 0.1) is 10.1 Å². The fourth-order valence-electron chi connectivity index (χ4n) is 2.05. The highest BCUT2D eigenvalue weighted by atomic mass is 35.5. The number of nitro benzene ring substituents is 1. The maximum absolute atomic E-state index is 11.9. The van der Waals surface area contributed by atoms with Crippen molar-refractivity contribution in [3.8, 4) is 0 Å². The van der Waals surface area contributed by atoms with Crippen LogP contribution in [0.25, 0.3) is 6.08 Å². The van der Waals surface area contributed by atoms with Crippen LogP contribution in [0.5, 0.6) is 0 Å². The fourth-order valence-corrected chi connectivity index (χ4v) is 2.18. The van der Waals surface area contributed by atoms with Crippen LogP contribution in [0.15, 0.2) is 59.2 Å². The Morgan fingerprint density at radius 1 is 1.13 bits per heavy atom. The SMILES string of the molecule is O=C1OC(c2ccccc2[N+](=O)[O-])=NC1=Cc1ccc(Cl)cc1. The zero-order chi connectivity index (χ0) is 16.4. The van der Waals surface area contributed by atoms with Gasteiger partial charge in [0, 0.05) is 11.1 Å². The first kappa shape index (κ1) is 14.9. The predicted octanol–water partition coefficient (Wildman–Crippen LogP) is 3.59. The number of nitro groups is 1. The van der Waals surface area contributed by atoms with Crippen LogP contribution in [-0.2, 0) is 9.53 Å². The molecule has 0 fully saturated rings. The maximum Gasteiger partial charge on any atom is 0.363 e. The quantitative estimate of drug-likeness (QED) is 0.373. The average Bonchev–Trinajstić information content (AvgIpc) is 2.90. The largest absolute Gasteiger partial charge is 0.402 e. The molecule has 0 aromatic heterocycles. The standard InChI is InChI=1S/C16H9ClN2O4/c17-11-7-5-10(6-8-11)9-13-16(20)23-15(18-13)12-3-1-2-4-14(12)19(21)22/h1-9H. The topological polar surface area (TPSA) is 81.8 Å². The lowest BCUT2D eigenvalue weighted by molar-refractivity contribution is -0.385. The van der Waals surface area contributed by atoms with Gasteiger partial charge in [0.2, 0.25) is 5.90 Å². The molecule has 6 nitrogen and oxygen atoms in total. The van der Waals surface area contributed by atoms with E-state index in [0.29, 0.717) is 10.6 Å². The van der Waals surface area contributed by atoms with E-state index < -0.39 is 10.9 Å². The van der Waals surface area contributed by atoms with E-state index in [1.54, 1.807) is 30.3 Å². The number of hydrogen-bond acceptors (Lipinski definition) is 5. The van der Waals surface area contributed by atoms with E-state index in [1.807, 2.05) is 0 Å². The smallest absolute Gasteiger partial charge is 0.363 e. The summed E-state index contributed by atoms with van der Waals surface area (Å²) in [6.45, 7) is 0. The van der Waals surface area contributed by atoms with Crippen LogP contribution in [0.2, 0.25) is 5.02 Å². The Morgan fingerprint density at radius 3 is 2.52 bits per heavy atom. The van der Waals surface area contributed by atoms with Crippen molar-refractivity contribution in [2.75, 3.05) is 0 Å². The Bertz CT molecular complexity index is 857. The number of ether oxygens (including phenoxy) is 1. The number of halogens is 1. The first-order valence-corrected chi connectivity index (χ1v) is 6.94. The third-order valence-corrected chi connectivity index (χ3v) is 3.38. The summed E-state index contributed by atoms with van der Waals surface area (Å²) in [5.41, 5.74) is 0.770. The van der Waals surface area contributed by atoms with Crippen LogP contribution in [0.3, 0.4) is 0 Å². The van der Waals surface area contributed by atoms with Gasteiger partial charge in [0.15, 0.2) is 5.70 Å². The summed E-state index contributed by atoms with van der Waals surface area (Å²) < 4.78 is 5.06. The average molecular weight is 329 g/mol. The minimum Gasteiger partial charge on any atom is -0.402 e. The van der Waals surface area contributed by atoms with Crippen molar-refractivity contribution < 1.29 is 14.5 Å². The Morgan fingerprint density at radius 2 is 1.83 bits per heavy atom. The lowest BCUT2D eigenvalue weighted by Gasteiger charge is -2.00. The number of esters is 1. The Kier molecular flexibility index (Phi) is 3.91. The molecule has 7 heteroatoms. The molecule has 1 aliphatic rings. The molecule has 114 valence electrons. The lowest BCUT2D eigenvalue weighted by Crippen LogP contribution is -2.07. The van der Waals surface area contributed by atoms with E-state index >= 15 is 0 Å². The number of carbonyl (C=O) groups is 1. The van der Waals surface area contributed by atoms with Gasteiger partial charge in [-0.2, -0.15) is 0 Å². The fraction of sp³-hybridized carbons (Fsp3) is 0. The molecule has 0 radical (unpaired) electrons. The molecule has 0 saturated heterocycles. The molecule has 2 aromatic rings. The molecule has 1 heterocycles. The van der Waals surface area contributed by atoms with E-state index in [2.05, 4.69) is 4.99 Å².